The number of carbonyl (C=O) groups excluding carboxylic acids is 1. The van der Waals surface area contributed by atoms with E-state index in [4.69, 9.17) is 5.73 Å². The van der Waals surface area contributed by atoms with E-state index in [0.717, 1.165) is 12.0 Å². The number of carbonyl (C=O) groups is 1. The van der Waals surface area contributed by atoms with Crippen LogP contribution < -0.4 is 5.73 Å². The molecule has 2 nitrogen and oxygen atoms in total. The minimum absolute atomic E-state index is 0.232. The van der Waals surface area contributed by atoms with Crippen LogP contribution in [-0.4, -0.2) is 5.78 Å². The average Bonchev–Trinajstić information content (AvgIpc) is 2.15. The Kier molecular flexibility index (Phi) is 3.92. The molecule has 74 valence electrons. The summed E-state index contributed by atoms with van der Waals surface area (Å²) in [6, 6.07) is 7.44. The number of rotatable bonds is 5. The first-order chi connectivity index (χ1) is 6.72. The maximum atomic E-state index is 11.4. The van der Waals surface area contributed by atoms with Crippen LogP contribution in [0.3, 0.4) is 0 Å². The molecule has 0 aliphatic heterocycles. The summed E-state index contributed by atoms with van der Waals surface area (Å²) in [6.07, 6.45) is 3.55. The van der Waals surface area contributed by atoms with E-state index in [0.29, 0.717) is 18.5 Å². The van der Waals surface area contributed by atoms with Crippen molar-refractivity contribution < 1.29 is 4.79 Å². The summed E-state index contributed by atoms with van der Waals surface area (Å²) in [5, 5.41) is 0. The van der Waals surface area contributed by atoms with Gasteiger partial charge in [-0.15, -0.1) is 6.58 Å². The first-order valence-electron chi connectivity index (χ1n) is 4.69. The lowest BCUT2D eigenvalue weighted by Crippen LogP contribution is -2.02. The minimum atomic E-state index is 0.232. The van der Waals surface area contributed by atoms with Crippen molar-refractivity contribution in [1.82, 2.24) is 0 Å². The van der Waals surface area contributed by atoms with Crippen molar-refractivity contribution in [2.75, 3.05) is 5.73 Å². The van der Waals surface area contributed by atoms with Crippen LogP contribution in [0.4, 0.5) is 5.69 Å². The third kappa shape index (κ3) is 3.44. The summed E-state index contributed by atoms with van der Waals surface area (Å²) in [4.78, 5) is 11.4. The summed E-state index contributed by atoms with van der Waals surface area (Å²) in [7, 11) is 0. The van der Waals surface area contributed by atoms with E-state index in [-0.39, 0.29) is 5.78 Å². The highest BCUT2D eigenvalue weighted by Gasteiger charge is 2.02. The predicted molar refractivity (Wildman–Crippen MR) is 59.0 cm³/mol. The molecule has 0 saturated heterocycles. The quantitative estimate of drug-likeness (QED) is 0.570. The second kappa shape index (κ2) is 5.22. The van der Waals surface area contributed by atoms with Gasteiger partial charge in [-0.25, -0.2) is 0 Å². The number of allylic oxidation sites excluding steroid dienone is 1. The van der Waals surface area contributed by atoms with Crippen molar-refractivity contribution in [3.05, 3.63) is 42.5 Å². The monoisotopic (exact) mass is 189 g/mol. The highest BCUT2D eigenvalue weighted by Crippen LogP contribution is 2.08. The molecule has 0 amide bonds. The number of nitrogen functional groups attached to an aromatic ring is 1. The van der Waals surface area contributed by atoms with Crippen molar-refractivity contribution in [1.29, 1.82) is 0 Å². The van der Waals surface area contributed by atoms with E-state index < -0.39 is 0 Å². The van der Waals surface area contributed by atoms with Crippen LogP contribution in [0, 0.1) is 0 Å². The molecule has 1 aromatic rings. The average molecular weight is 189 g/mol. The zero-order chi connectivity index (χ0) is 10.4. The topological polar surface area (TPSA) is 43.1 Å². The Hall–Kier alpha value is -1.57. The molecule has 0 fully saturated rings. The fourth-order valence-electron chi connectivity index (χ4n) is 1.28. The normalized spacial score (nSPS) is 9.71. The Morgan fingerprint density at radius 2 is 2.29 bits per heavy atom. The molecule has 0 atom stereocenters. The lowest BCUT2D eigenvalue weighted by molar-refractivity contribution is -0.118. The molecule has 0 aliphatic rings. The van der Waals surface area contributed by atoms with Gasteiger partial charge in [0, 0.05) is 18.5 Å². The highest BCUT2D eigenvalue weighted by atomic mass is 16.1. The van der Waals surface area contributed by atoms with Crippen molar-refractivity contribution in [2.45, 2.75) is 19.3 Å². The van der Waals surface area contributed by atoms with E-state index in [1.54, 1.807) is 6.08 Å². The van der Waals surface area contributed by atoms with Gasteiger partial charge < -0.3 is 5.73 Å². The largest absolute Gasteiger partial charge is 0.399 e. The molecule has 0 aliphatic carbocycles. The lowest BCUT2D eigenvalue weighted by Gasteiger charge is -2.00. The zero-order valence-corrected chi connectivity index (χ0v) is 8.20. The van der Waals surface area contributed by atoms with Crippen molar-refractivity contribution in [2.24, 2.45) is 0 Å². The summed E-state index contributed by atoms with van der Waals surface area (Å²) < 4.78 is 0. The van der Waals surface area contributed by atoms with Crippen LogP contribution in [0.2, 0.25) is 0 Å². The molecule has 1 rings (SSSR count). The molecule has 0 aromatic heterocycles. The van der Waals surface area contributed by atoms with E-state index in [1.807, 2.05) is 24.3 Å². The molecule has 2 heteroatoms. The van der Waals surface area contributed by atoms with Gasteiger partial charge in [0.1, 0.15) is 5.78 Å². The third-order valence-electron chi connectivity index (χ3n) is 1.98. The van der Waals surface area contributed by atoms with Crippen LogP contribution in [0.1, 0.15) is 18.4 Å². The molecule has 1 aromatic carbocycles. The highest BCUT2D eigenvalue weighted by molar-refractivity contribution is 5.81. The Morgan fingerprint density at radius 1 is 1.50 bits per heavy atom. The molecule has 0 radical (unpaired) electrons. The number of anilines is 1. The molecule has 0 unspecified atom stereocenters. The Labute approximate surface area is 84.4 Å². The second-order valence-corrected chi connectivity index (χ2v) is 3.29. The van der Waals surface area contributed by atoms with Crippen molar-refractivity contribution in [3.8, 4) is 0 Å². The minimum Gasteiger partial charge on any atom is -0.399 e. The summed E-state index contributed by atoms with van der Waals surface area (Å²) in [5.41, 5.74) is 7.30. The summed E-state index contributed by atoms with van der Waals surface area (Å²) in [6.45, 7) is 3.58. The van der Waals surface area contributed by atoms with Gasteiger partial charge in [0.15, 0.2) is 0 Å². The molecule has 0 spiro atoms. The first kappa shape index (κ1) is 10.5. The van der Waals surface area contributed by atoms with E-state index in [1.165, 1.54) is 0 Å². The summed E-state index contributed by atoms with van der Waals surface area (Å²) in [5.74, 6) is 0.232. The van der Waals surface area contributed by atoms with Crippen LogP contribution >= 0.6 is 0 Å². The predicted octanol–water partition coefficient (Wildman–Crippen LogP) is 2.35. The standard InChI is InChI=1S/C12H15NO/c1-2-3-7-12(14)9-10-5-4-6-11(13)8-10/h2,4-6,8H,1,3,7,9,13H2. The molecule has 2 N–H and O–H groups in total. The number of ketones is 1. The smallest absolute Gasteiger partial charge is 0.137 e. The van der Waals surface area contributed by atoms with Gasteiger partial charge in [0.2, 0.25) is 0 Å². The molecule has 0 bridgehead atoms. The van der Waals surface area contributed by atoms with E-state index >= 15 is 0 Å². The Balaban J connectivity index is 2.51. The molecule has 0 heterocycles. The van der Waals surface area contributed by atoms with E-state index in [2.05, 4.69) is 6.58 Å². The van der Waals surface area contributed by atoms with Gasteiger partial charge >= 0.3 is 0 Å². The number of hydrogen-bond donors (Lipinski definition) is 1. The van der Waals surface area contributed by atoms with Gasteiger partial charge in [-0.3, -0.25) is 4.79 Å². The molecular formula is C12H15NO. The molecule has 14 heavy (non-hydrogen) atoms. The van der Waals surface area contributed by atoms with Gasteiger partial charge in [-0.05, 0) is 24.1 Å². The molecular weight excluding hydrogens is 174 g/mol. The second-order valence-electron chi connectivity index (χ2n) is 3.29. The zero-order valence-electron chi connectivity index (χ0n) is 8.20. The van der Waals surface area contributed by atoms with Crippen LogP contribution in [0.25, 0.3) is 0 Å². The van der Waals surface area contributed by atoms with Gasteiger partial charge in [-0.2, -0.15) is 0 Å². The maximum absolute atomic E-state index is 11.4. The Bertz CT molecular complexity index is 331. The van der Waals surface area contributed by atoms with Crippen molar-refractivity contribution in [3.63, 3.8) is 0 Å². The van der Waals surface area contributed by atoms with Gasteiger partial charge in [-0.1, -0.05) is 18.2 Å². The summed E-state index contributed by atoms with van der Waals surface area (Å²) >= 11 is 0. The van der Waals surface area contributed by atoms with Crippen molar-refractivity contribution >= 4 is 11.5 Å². The van der Waals surface area contributed by atoms with Crippen LogP contribution in [0.15, 0.2) is 36.9 Å². The van der Waals surface area contributed by atoms with Gasteiger partial charge in [0.05, 0.1) is 0 Å². The number of benzene rings is 1. The number of Topliss-reactive ketones (excluding diaryl/α,β-unsaturated/α-hetero) is 1. The van der Waals surface area contributed by atoms with Crippen LogP contribution in [-0.2, 0) is 11.2 Å². The van der Waals surface area contributed by atoms with E-state index in [9.17, 15) is 4.79 Å². The van der Waals surface area contributed by atoms with Gasteiger partial charge in [0.25, 0.3) is 0 Å². The lowest BCUT2D eigenvalue weighted by atomic mass is 10.1. The number of hydrogen-bond acceptors (Lipinski definition) is 2. The fourth-order valence-corrected chi connectivity index (χ4v) is 1.28. The van der Waals surface area contributed by atoms with Crippen LogP contribution in [0.5, 0.6) is 0 Å². The molecule has 0 saturated carbocycles. The maximum Gasteiger partial charge on any atom is 0.137 e. The Morgan fingerprint density at radius 3 is 2.93 bits per heavy atom. The fraction of sp³-hybridized carbons (Fsp3) is 0.250. The number of nitrogens with two attached hydrogens (primary N) is 1. The third-order valence-corrected chi connectivity index (χ3v) is 1.98. The first-order valence-corrected chi connectivity index (χ1v) is 4.69. The SMILES string of the molecule is C=CCCC(=O)Cc1cccc(N)c1.